The zero-order valence-electron chi connectivity index (χ0n) is 18.9. The molecule has 10 nitrogen and oxygen atoms in total. The number of hydrogen-bond donors (Lipinski definition) is 2. The number of ether oxygens (including phenoxy) is 1. The maximum absolute atomic E-state index is 12.7. The Morgan fingerprint density at radius 1 is 1.24 bits per heavy atom. The Kier molecular flexibility index (Phi) is 7.41. The van der Waals surface area contributed by atoms with Crippen molar-refractivity contribution in [2.45, 2.75) is 77.2 Å². The summed E-state index contributed by atoms with van der Waals surface area (Å²) < 4.78 is 10.1. The predicted molar refractivity (Wildman–Crippen MR) is 122 cm³/mol. The van der Waals surface area contributed by atoms with Crippen molar-refractivity contribution in [3.63, 3.8) is 0 Å². The zero-order chi connectivity index (χ0) is 23.2. The van der Waals surface area contributed by atoms with Gasteiger partial charge in [-0.25, -0.2) is 9.59 Å². The molecule has 2 aromatic rings. The van der Waals surface area contributed by atoms with E-state index in [2.05, 4.69) is 20.4 Å². The van der Waals surface area contributed by atoms with Crippen LogP contribution in [0.25, 0.3) is 11.1 Å². The van der Waals surface area contributed by atoms with Crippen LogP contribution >= 0.6 is 0 Å². The third-order valence-electron chi connectivity index (χ3n) is 6.10. The molecule has 0 unspecified atom stereocenters. The summed E-state index contributed by atoms with van der Waals surface area (Å²) in [5, 5.41) is 7.20. The van der Waals surface area contributed by atoms with Crippen molar-refractivity contribution in [1.82, 2.24) is 15.3 Å². The van der Waals surface area contributed by atoms with Gasteiger partial charge in [-0.15, -0.1) is 0 Å². The Hall–Kier alpha value is -3.17. The Morgan fingerprint density at radius 2 is 2.03 bits per heavy atom. The molecule has 2 heterocycles. The summed E-state index contributed by atoms with van der Waals surface area (Å²) in [5.41, 5.74) is 0.448. The second-order valence-corrected chi connectivity index (χ2v) is 8.72. The van der Waals surface area contributed by atoms with Gasteiger partial charge in [0.2, 0.25) is 5.71 Å². The van der Waals surface area contributed by atoms with Gasteiger partial charge in [0.05, 0.1) is 12.3 Å². The van der Waals surface area contributed by atoms with E-state index >= 15 is 0 Å². The normalized spacial score (nSPS) is 18.2. The number of nitrogens with zero attached hydrogens (tertiary/aromatic N) is 2. The molecule has 178 valence electrons. The van der Waals surface area contributed by atoms with Gasteiger partial charge < -0.3 is 19.3 Å². The molecule has 2 N–H and O–H groups in total. The van der Waals surface area contributed by atoms with Crippen molar-refractivity contribution in [2.24, 2.45) is 11.1 Å². The van der Waals surface area contributed by atoms with Gasteiger partial charge in [0.15, 0.2) is 0 Å². The molecule has 0 atom stereocenters. The number of unbranched alkanes of at least 4 members (excludes halogenated alkanes) is 1. The topological polar surface area (TPSA) is 136 Å². The van der Waals surface area contributed by atoms with Gasteiger partial charge in [0.25, 0.3) is 5.56 Å². The lowest BCUT2D eigenvalue weighted by Gasteiger charge is -2.23. The summed E-state index contributed by atoms with van der Waals surface area (Å²) >= 11 is 0. The van der Waals surface area contributed by atoms with Gasteiger partial charge in [-0.1, -0.05) is 30.8 Å². The highest BCUT2D eigenvalue weighted by atomic mass is 16.6. The molecule has 0 spiro atoms. The molecule has 2 aliphatic rings. The number of H-pyrrole nitrogens is 1. The molecule has 0 bridgehead atoms. The molecular formula is C23H30N4O6. The average molecular weight is 459 g/mol. The van der Waals surface area contributed by atoms with Crippen molar-refractivity contribution < 1.29 is 18.8 Å². The van der Waals surface area contributed by atoms with Crippen molar-refractivity contribution in [1.29, 1.82) is 0 Å². The highest BCUT2D eigenvalue weighted by molar-refractivity contribution is 5.85. The van der Waals surface area contributed by atoms with Crippen LogP contribution in [0.1, 0.15) is 70.3 Å². The number of rotatable bonds is 9. The number of nitrogens with one attached hydrogen (secondary N) is 2. The average Bonchev–Trinajstić information content (AvgIpc) is 3.60. The fourth-order valence-corrected chi connectivity index (χ4v) is 4.16. The third-order valence-corrected chi connectivity index (χ3v) is 6.10. The van der Waals surface area contributed by atoms with E-state index in [-0.39, 0.29) is 23.2 Å². The first kappa shape index (κ1) is 23.0. The lowest BCUT2D eigenvalue weighted by Crippen LogP contribution is -2.38. The number of carbonyl (C=O) groups is 1. The van der Waals surface area contributed by atoms with Crippen LogP contribution in [-0.4, -0.2) is 34.4 Å². The van der Waals surface area contributed by atoms with E-state index in [9.17, 15) is 14.4 Å². The number of amides is 1. The van der Waals surface area contributed by atoms with Crippen LogP contribution in [0.4, 0.5) is 4.79 Å². The molecule has 10 heteroatoms. The van der Waals surface area contributed by atoms with Gasteiger partial charge in [0, 0.05) is 12.1 Å². The van der Waals surface area contributed by atoms with Crippen LogP contribution in [0, 0.1) is 5.92 Å². The Morgan fingerprint density at radius 3 is 2.76 bits per heavy atom. The Labute approximate surface area is 190 Å². The van der Waals surface area contributed by atoms with Crippen LogP contribution in [0.15, 0.2) is 25.2 Å². The summed E-state index contributed by atoms with van der Waals surface area (Å²) in [6.45, 7) is 2.09. The van der Waals surface area contributed by atoms with E-state index < -0.39 is 17.3 Å². The standard InChI is InChI=1S/C23H30N4O6/c1-2-31-23(30)24-16-9-11-17(12-10-16)27-33-22-25-20(29)19-15(6-4-3-5-14-7-8-14)13-18(28)32-21(19)26-22/h13-14,16H,2-12H2,1H3,(H,24,30)(H,25,26,29). The summed E-state index contributed by atoms with van der Waals surface area (Å²) in [6, 6.07) is 1.28. The summed E-state index contributed by atoms with van der Waals surface area (Å²) in [7, 11) is 0. The summed E-state index contributed by atoms with van der Waals surface area (Å²) in [4.78, 5) is 48.3. The molecular weight excluding hydrogens is 428 g/mol. The molecule has 0 aliphatic heterocycles. The molecule has 2 fully saturated rings. The molecule has 33 heavy (non-hydrogen) atoms. The van der Waals surface area contributed by atoms with Crippen molar-refractivity contribution in [3.05, 3.63) is 32.4 Å². The first-order valence-electron chi connectivity index (χ1n) is 11.7. The highest BCUT2D eigenvalue weighted by Gasteiger charge is 2.21. The molecule has 4 rings (SSSR count). The zero-order valence-corrected chi connectivity index (χ0v) is 18.9. The van der Waals surface area contributed by atoms with Crippen molar-refractivity contribution >= 4 is 22.9 Å². The van der Waals surface area contributed by atoms with Crippen LogP contribution in [-0.2, 0) is 11.2 Å². The lowest BCUT2D eigenvalue weighted by molar-refractivity contribution is 0.146. The molecule has 2 aliphatic carbocycles. The number of hydrogen-bond acceptors (Lipinski definition) is 8. The Balaban J connectivity index is 1.39. The van der Waals surface area contributed by atoms with E-state index in [0.29, 0.717) is 44.3 Å². The summed E-state index contributed by atoms with van der Waals surface area (Å²) in [6.07, 6.45) is 8.72. The van der Waals surface area contributed by atoms with Crippen molar-refractivity contribution in [2.75, 3.05) is 6.61 Å². The van der Waals surface area contributed by atoms with Crippen molar-refractivity contribution in [3.8, 4) is 6.01 Å². The number of aromatic nitrogens is 2. The van der Waals surface area contributed by atoms with E-state index in [1.165, 1.54) is 25.3 Å². The molecule has 2 saturated carbocycles. The SMILES string of the molecule is CCOC(=O)NC1CCC(=NOc2nc3oc(=O)cc(CCCCC4CC4)c3c(=O)[nH]2)CC1. The molecule has 0 radical (unpaired) electrons. The maximum atomic E-state index is 12.7. The third kappa shape index (κ3) is 6.43. The van der Waals surface area contributed by atoms with Gasteiger partial charge in [-0.05, 0) is 56.9 Å². The first-order valence-corrected chi connectivity index (χ1v) is 11.7. The molecule has 2 aromatic heterocycles. The maximum Gasteiger partial charge on any atom is 0.407 e. The first-order chi connectivity index (χ1) is 16.0. The second-order valence-electron chi connectivity index (χ2n) is 8.72. The quantitative estimate of drug-likeness (QED) is 0.434. The predicted octanol–water partition coefficient (Wildman–Crippen LogP) is 3.42. The fourth-order valence-electron chi connectivity index (χ4n) is 4.16. The minimum Gasteiger partial charge on any atom is -0.450 e. The number of oxime groups is 1. The number of fused-ring (bicyclic) bond motifs is 1. The highest BCUT2D eigenvalue weighted by Crippen LogP contribution is 2.34. The smallest absolute Gasteiger partial charge is 0.407 e. The molecule has 1 amide bonds. The van der Waals surface area contributed by atoms with Crippen LogP contribution in [0.2, 0.25) is 0 Å². The Bertz CT molecular complexity index is 1120. The second kappa shape index (κ2) is 10.6. The number of alkyl carbamates (subject to hydrolysis) is 1. The van der Waals surface area contributed by atoms with E-state index in [0.717, 1.165) is 24.5 Å². The van der Waals surface area contributed by atoms with E-state index in [4.69, 9.17) is 14.0 Å². The van der Waals surface area contributed by atoms with Crippen LogP contribution in [0.3, 0.4) is 0 Å². The van der Waals surface area contributed by atoms with E-state index in [1.54, 1.807) is 6.92 Å². The number of aromatic amines is 1. The summed E-state index contributed by atoms with van der Waals surface area (Å²) in [5.74, 6) is 0.859. The number of aryl methyl sites for hydroxylation is 1. The monoisotopic (exact) mass is 458 g/mol. The fraction of sp³-hybridized carbons (Fsp3) is 0.609. The minimum absolute atomic E-state index is 0.0265. The largest absolute Gasteiger partial charge is 0.450 e. The minimum atomic E-state index is -0.539. The van der Waals surface area contributed by atoms with Gasteiger partial charge in [0.1, 0.15) is 5.39 Å². The van der Waals surface area contributed by atoms with E-state index in [1.807, 2.05) is 0 Å². The van der Waals surface area contributed by atoms with Crippen LogP contribution < -0.4 is 21.3 Å². The lowest BCUT2D eigenvalue weighted by atomic mass is 9.94. The molecule has 0 saturated heterocycles. The van der Waals surface area contributed by atoms with Gasteiger partial charge in [-0.3, -0.25) is 9.78 Å². The number of carbonyl (C=O) groups excluding carboxylic acids is 1. The van der Waals surface area contributed by atoms with Gasteiger partial charge >= 0.3 is 17.7 Å². The van der Waals surface area contributed by atoms with Crippen LogP contribution in [0.5, 0.6) is 6.01 Å². The molecule has 0 aromatic carbocycles. The van der Waals surface area contributed by atoms with Gasteiger partial charge in [-0.2, -0.15) is 4.98 Å².